The smallest absolute Gasteiger partial charge is 0.229 e. The van der Waals surface area contributed by atoms with Crippen LogP contribution in [0.1, 0.15) is 18.4 Å². The van der Waals surface area contributed by atoms with Crippen molar-refractivity contribution in [3.63, 3.8) is 0 Å². The number of aromatic nitrogens is 1. The van der Waals surface area contributed by atoms with Gasteiger partial charge in [-0.1, -0.05) is 6.07 Å². The first-order valence-electron chi connectivity index (χ1n) is 9.46. The number of rotatable bonds is 9. The van der Waals surface area contributed by atoms with Crippen molar-refractivity contribution in [1.29, 1.82) is 0 Å². The molecule has 0 aliphatic rings. The van der Waals surface area contributed by atoms with Crippen LogP contribution in [0.3, 0.4) is 0 Å². The highest BCUT2D eigenvalue weighted by Crippen LogP contribution is 2.29. The van der Waals surface area contributed by atoms with E-state index in [1.165, 1.54) is 40.5 Å². The Morgan fingerprint density at radius 2 is 1.81 bits per heavy atom. The first-order chi connectivity index (χ1) is 15.0. The molecule has 0 aliphatic carbocycles. The predicted molar refractivity (Wildman–Crippen MR) is 117 cm³/mol. The van der Waals surface area contributed by atoms with E-state index in [1.807, 2.05) is 6.07 Å². The monoisotopic (exact) mass is 443 g/mol. The fourth-order valence-electron chi connectivity index (χ4n) is 2.89. The number of nitrogens with zero attached hydrogens (tertiary/aromatic N) is 2. The molecule has 0 saturated heterocycles. The number of nitrogens with one attached hydrogen (secondary N) is 1. The maximum atomic E-state index is 13.0. The Morgan fingerprint density at radius 1 is 1.06 bits per heavy atom. The van der Waals surface area contributed by atoms with Gasteiger partial charge in [0.15, 0.2) is 16.6 Å². The second-order valence-electron chi connectivity index (χ2n) is 6.54. The molecule has 0 aliphatic heterocycles. The minimum Gasteiger partial charge on any atom is -0.493 e. The number of benzene rings is 2. The lowest BCUT2D eigenvalue weighted by Crippen LogP contribution is -2.31. The lowest BCUT2D eigenvalue weighted by atomic mass is 10.1. The van der Waals surface area contributed by atoms with Crippen molar-refractivity contribution < 1.29 is 23.5 Å². The zero-order valence-corrected chi connectivity index (χ0v) is 17.9. The van der Waals surface area contributed by atoms with Crippen LogP contribution in [0.25, 0.3) is 0 Å². The summed E-state index contributed by atoms with van der Waals surface area (Å²) in [5.74, 6) is 0.202. The molecule has 3 aromatic rings. The Bertz CT molecular complexity index is 1030. The van der Waals surface area contributed by atoms with Crippen LogP contribution < -0.4 is 19.7 Å². The second-order valence-corrected chi connectivity index (χ2v) is 7.41. The zero-order chi connectivity index (χ0) is 22.2. The third kappa shape index (κ3) is 6.02. The number of halogens is 1. The summed E-state index contributed by atoms with van der Waals surface area (Å²) in [4.78, 5) is 30.9. The van der Waals surface area contributed by atoms with E-state index in [-0.39, 0.29) is 37.0 Å². The molecule has 2 aromatic carbocycles. The molecule has 2 amide bonds. The third-order valence-electron chi connectivity index (χ3n) is 4.43. The zero-order valence-electron chi connectivity index (χ0n) is 17.1. The van der Waals surface area contributed by atoms with Crippen LogP contribution in [0.4, 0.5) is 15.2 Å². The Balaban J connectivity index is 1.67. The average Bonchev–Trinajstić information content (AvgIpc) is 3.31. The van der Waals surface area contributed by atoms with Gasteiger partial charge in [0.05, 0.1) is 20.8 Å². The van der Waals surface area contributed by atoms with E-state index in [4.69, 9.17) is 9.47 Å². The third-order valence-corrected chi connectivity index (χ3v) is 5.23. The van der Waals surface area contributed by atoms with Gasteiger partial charge in [-0.05, 0) is 42.0 Å². The van der Waals surface area contributed by atoms with Gasteiger partial charge >= 0.3 is 0 Å². The summed E-state index contributed by atoms with van der Waals surface area (Å²) in [6.45, 7) is 0.270. The van der Waals surface area contributed by atoms with Gasteiger partial charge in [-0.2, -0.15) is 0 Å². The molecule has 1 aromatic heterocycles. The SMILES string of the molecule is COc1ccc(CN(C(=O)CCC(=O)Nc2ccc(F)cc2)c2nccs2)cc1OC. The molecule has 0 atom stereocenters. The van der Waals surface area contributed by atoms with Crippen LogP contribution in [0, 0.1) is 5.82 Å². The van der Waals surface area contributed by atoms with Crippen molar-refractivity contribution in [3.05, 3.63) is 65.4 Å². The number of carbonyl (C=O) groups excluding carboxylic acids is 2. The quantitative estimate of drug-likeness (QED) is 0.535. The lowest BCUT2D eigenvalue weighted by molar-refractivity contribution is -0.122. The summed E-state index contributed by atoms with van der Waals surface area (Å²) in [6, 6.07) is 10.9. The number of amides is 2. The van der Waals surface area contributed by atoms with Crippen LogP contribution in [-0.2, 0) is 16.1 Å². The molecule has 0 bridgehead atoms. The summed E-state index contributed by atoms with van der Waals surface area (Å²) in [6.07, 6.45) is 1.61. The largest absolute Gasteiger partial charge is 0.493 e. The van der Waals surface area contributed by atoms with Gasteiger partial charge in [0.2, 0.25) is 11.8 Å². The van der Waals surface area contributed by atoms with E-state index in [0.29, 0.717) is 22.3 Å². The fourth-order valence-corrected chi connectivity index (χ4v) is 3.54. The molecule has 0 unspecified atom stereocenters. The summed E-state index contributed by atoms with van der Waals surface area (Å²) in [5.41, 5.74) is 1.30. The van der Waals surface area contributed by atoms with Gasteiger partial charge in [-0.3, -0.25) is 14.5 Å². The van der Waals surface area contributed by atoms with Gasteiger partial charge in [-0.25, -0.2) is 9.37 Å². The first-order valence-corrected chi connectivity index (χ1v) is 10.3. The predicted octanol–water partition coefficient (Wildman–Crippen LogP) is 4.25. The molecule has 1 heterocycles. The van der Waals surface area contributed by atoms with Crippen LogP contribution in [0.5, 0.6) is 11.5 Å². The molecule has 1 N–H and O–H groups in total. The second kappa shape index (κ2) is 10.5. The van der Waals surface area contributed by atoms with E-state index < -0.39 is 0 Å². The molecule has 0 fully saturated rings. The molecule has 0 radical (unpaired) electrons. The van der Waals surface area contributed by atoms with Crippen LogP contribution in [-0.4, -0.2) is 31.0 Å². The standard InChI is InChI=1S/C22H22FN3O4S/c1-29-18-8-3-15(13-19(18)30-2)14-26(22-24-11-12-31-22)21(28)10-9-20(27)25-17-6-4-16(23)5-7-17/h3-8,11-13H,9-10,14H2,1-2H3,(H,25,27). The maximum absolute atomic E-state index is 13.0. The lowest BCUT2D eigenvalue weighted by Gasteiger charge is -2.20. The Kier molecular flexibility index (Phi) is 7.55. The van der Waals surface area contributed by atoms with Crippen LogP contribution in [0.2, 0.25) is 0 Å². The van der Waals surface area contributed by atoms with E-state index in [9.17, 15) is 14.0 Å². The Hall–Kier alpha value is -3.46. The Morgan fingerprint density at radius 3 is 2.45 bits per heavy atom. The van der Waals surface area contributed by atoms with Gasteiger partial charge < -0.3 is 14.8 Å². The highest BCUT2D eigenvalue weighted by atomic mass is 32.1. The highest BCUT2D eigenvalue weighted by Gasteiger charge is 2.20. The number of methoxy groups -OCH3 is 2. The van der Waals surface area contributed by atoms with Gasteiger partial charge in [0, 0.05) is 30.1 Å². The molecule has 0 spiro atoms. The fraction of sp³-hybridized carbons (Fsp3) is 0.227. The minimum absolute atomic E-state index is 0.000102. The van der Waals surface area contributed by atoms with E-state index in [1.54, 1.807) is 37.9 Å². The number of ether oxygens (including phenoxy) is 2. The van der Waals surface area contributed by atoms with E-state index in [0.717, 1.165) is 5.56 Å². The van der Waals surface area contributed by atoms with Crippen molar-refractivity contribution in [2.75, 3.05) is 24.4 Å². The Labute approximate surface area is 183 Å². The van der Waals surface area contributed by atoms with Crippen molar-refractivity contribution in [3.8, 4) is 11.5 Å². The van der Waals surface area contributed by atoms with Crippen molar-refractivity contribution >= 4 is 34.0 Å². The van der Waals surface area contributed by atoms with Gasteiger partial charge in [0.1, 0.15) is 5.82 Å². The normalized spacial score (nSPS) is 10.4. The van der Waals surface area contributed by atoms with Gasteiger partial charge in [-0.15, -0.1) is 11.3 Å². The topological polar surface area (TPSA) is 80.8 Å². The summed E-state index contributed by atoms with van der Waals surface area (Å²) >= 11 is 1.34. The number of anilines is 2. The summed E-state index contributed by atoms with van der Waals surface area (Å²) in [5, 5.41) is 4.98. The highest BCUT2D eigenvalue weighted by molar-refractivity contribution is 7.13. The summed E-state index contributed by atoms with van der Waals surface area (Å²) < 4.78 is 23.6. The van der Waals surface area contributed by atoms with Crippen LogP contribution >= 0.6 is 11.3 Å². The molecule has 3 rings (SSSR count). The number of thiazole rings is 1. The molecule has 0 saturated carbocycles. The van der Waals surface area contributed by atoms with Crippen molar-refractivity contribution in [2.45, 2.75) is 19.4 Å². The summed E-state index contributed by atoms with van der Waals surface area (Å²) in [7, 11) is 3.10. The van der Waals surface area contributed by atoms with E-state index >= 15 is 0 Å². The maximum Gasteiger partial charge on any atom is 0.229 e. The molecule has 7 nitrogen and oxygen atoms in total. The average molecular weight is 444 g/mol. The number of hydrogen-bond acceptors (Lipinski definition) is 6. The molecule has 162 valence electrons. The van der Waals surface area contributed by atoms with Crippen molar-refractivity contribution in [1.82, 2.24) is 4.98 Å². The van der Waals surface area contributed by atoms with Gasteiger partial charge in [0.25, 0.3) is 0 Å². The van der Waals surface area contributed by atoms with Crippen LogP contribution in [0.15, 0.2) is 54.0 Å². The molecular weight excluding hydrogens is 421 g/mol. The number of carbonyl (C=O) groups is 2. The first kappa shape index (κ1) is 22.2. The number of hydrogen-bond donors (Lipinski definition) is 1. The molecular formula is C22H22FN3O4S. The van der Waals surface area contributed by atoms with E-state index in [2.05, 4.69) is 10.3 Å². The van der Waals surface area contributed by atoms with Crippen molar-refractivity contribution in [2.24, 2.45) is 0 Å². The molecule has 9 heteroatoms. The minimum atomic E-state index is -0.387. The molecule has 31 heavy (non-hydrogen) atoms.